The average molecular weight is 316 g/mol. The maximum absolute atomic E-state index is 6.82. The molecule has 1 saturated carbocycles. The van der Waals surface area contributed by atoms with Gasteiger partial charge in [-0.2, -0.15) is 0 Å². The molecule has 4 N–H and O–H groups in total. The zero-order chi connectivity index (χ0) is 16.4. The van der Waals surface area contributed by atoms with Crippen LogP contribution >= 0.6 is 0 Å². The first kappa shape index (κ1) is 16.1. The SMILES string of the molecule is CC1=C(C)C(N)(C2CCCCC2)NC(=NCc2cn(C)cn2)N1. The summed E-state index contributed by atoms with van der Waals surface area (Å²) in [4.78, 5) is 8.96. The number of nitrogens with one attached hydrogen (secondary N) is 2. The van der Waals surface area contributed by atoms with E-state index in [9.17, 15) is 0 Å². The van der Waals surface area contributed by atoms with E-state index in [1.807, 2.05) is 17.8 Å². The molecule has 2 aliphatic rings. The monoisotopic (exact) mass is 316 g/mol. The van der Waals surface area contributed by atoms with E-state index in [4.69, 9.17) is 5.73 Å². The lowest BCUT2D eigenvalue weighted by molar-refractivity contribution is 0.215. The molecule has 1 unspecified atom stereocenters. The standard InChI is InChI=1S/C17H28N6/c1-12-13(2)21-16(19-9-15-10-23(3)11-20-15)22-17(12,18)14-7-5-4-6-8-14/h10-11,14H,4-9,18H2,1-3H3,(H2,19,21,22). The van der Waals surface area contributed by atoms with Gasteiger partial charge in [-0.05, 0) is 38.2 Å². The highest BCUT2D eigenvalue weighted by molar-refractivity contribution is 5.84. The Labute approximate surface area is 138 Å². The summed E-state index contributed by atoms with van der Waals surface area (Å²) in [5.41, 5.74) is 9.59. The predicted molar refractivity (Wildman–Crippen MR) is 92.5 cm³/mol. The van der Waals surface area contributed by atoms with Gasteiger partial charge in [-0.1, -0.05) is 19.3 Å². The van der Waals surface area contributed by atoms with E-state index in [-0.39, 0.29) is 0 Å². The number of imidazole rings is 1. The molecule has 1 aromatic heterocycles. The number of nitrogens with two attached hydrogens (primary N) is 1. The number of rotatable bonds is 3. The van der Waals surface area contributed by atoms with Crippen molar-refractivity contribution < 1.29 is 0 Å². The van der Waals surface area contributed by atoms with E-state index in [1.54, 1.807) is 6.33 Å². The second-order valence-electron chi connectivity index (χ2n) is 6.90. The van der Waals surface area contributed by atoms with E-state index in [0.717, 1.165) is 17.4 Å². The molecule has 2 heterocycles. The quantitative estimate of drug-likeness (QED) is 0.797. The van der Waals surface area contributed by atoms with Gasteiger partial charge in [-0.3, -0.25) is 0 Å². The summed E-state index contributed by atoms with van der Waals surface area (Å²) in [5, 5.41) is 6.82. The third-order valence-corrected chi connectivity index (χ3v) is 5.22. The number of allylic oxidation sites excluding steroid dienone is 1. The number of nitrogens with zero attached hydrogens (tertiary/aromatic N) is 3. The Morgan fingerprint density at radius 3 is 2.74 bits per heavy atom. The van der Waals surface area contributed by atoms with Gasteiger partial charge in [0.25, 0.3) is 0 Å². The van der Waals surface area contributed by atoms with Crippen LogP contribution in [0.3, 0.4) is 0 Å². The molecule has 0 aromatic carbocycles. The van der Waals surface area contributed by atoms with Gasteiger partial charge in [0.05, 0.1) is 18.6 Å². The molecule has 1 atom stereocenters. The van der Waals surface area contributed by atoms with Gasteiger partial charge in [0.1, 0.15) is 5.66 Å². The largest absolute Gasteiger partial charge is 0.340 e. The zero-order valence-corrected chi connectivity index (χ0v) is 14.4. The van der Waals surface area contributed by atoms with Crippen molar-refractivity contribution in [1.29, 1.82) is 0 Å². The second kappa shape index (κ2) is 6.35. The zero-order valence-electron chi connectivity index (χ0n) is 14.4. The van der Waals surface area contributed by atoms with Gasteiger partial charge in [-0.15, -0.1) is 0 Å². The van der Waals surface area contributed by atoms with E-state index < -0.39 is 5.66 Å². The maximum Gasteiger partial charge on any atom is 0.197 e. The summed E-state index contributed by atoms with van der Waals surface area (Å²) in [7, 11) is 1.96. The molecule has 6 heteroatoms. The van der Waals surface area contributed by atoms with Crippen LogP contribution in [0.5, 0.6) is 0 Å². The lowest BCUT2D eigenvalue weighted by Gasteiger charge is -2.45. The van der Waals surface area contributed by atoms with E-state index in [0.29, 0.717) is 12.5 Å². The smallest absolute Gasteiger partial charge is 0.197 e. The Hall–Kier alpha value is -1.82. The molecule has 23 heavy (non-hydrogen) atoms. The summed E-state index contributed by atoms with van der Waals surface area (Å²) in [6, 6.07) is 0. The third kappa shape index (κ3) is 3.27. The van der Waals surface area contributed by atoms with Crippen LogP contribution in [0.4, 0.5) is 0 Å². The summed E-state index contributed by atoms with van der Waals surface area (Å²) in [5.74, 6) is 1.22. The highest BCUT2D eigenvalue weighted by Crippen LogP contribution is 2.35. The Balaban J connectivity index is 1.79. The molecule has 6 nitrogen and oxygen atoms in total. The number of hydrogen-bond acceptors (Lipinski definition) is 3. The van der Waals surface area contributed by atoms with Crippen LogP contribution < -0.4 is 16.4 Å². The fraction of sp³-hybridized carbons (Fsp3) is 0.647. The van der Waals surface area contributed by atoms with Crippen LogP contribution in [0.15, 0.2) is 28.8 Å². The van der Waals surface area contributed by atoms with Crippen molar-refractivity contribution in [3.8, 4) is 0 Å². The first-order valence-corrected chi connectivity index (χ1v) is 8.52. The normalized spacial score (nSPS) is 27.9. The van der Waals surface area contributed by atoms with Gasteiger partial charge >= 0.3 is 0 Å². The van der Waals surface area contributed by atoms with Crippen molar-refractivity contribution in [1.82, 2.24) is 20.2 Å². The van der Waals surface area contributed by atoms with Crippen molar-refractivity contribution in [2.45, 2.75) is 58.2 Å². The number of aromatic nitrogens is 2. The maximum atomic E-state index is 6.82. The summed E-state index contributed by atoms with van der Waals surface area (Å²) < 4.78 is 1.93. The lowest BCUT2D eigenvalue weighted by atomic mass is 9.76. The van der Waals surface area contributed by atoms with E-state index in [1.165, 1.54) is 37.7 Å². The van der Waals surface area contributed by atoms with Crippen molar-refractivity contribution >= 4 is 5.96 Å². The highest BCUT2D eigenvalue weighted by atomic mass is 15.3. The average Bonchev–Trinajstić information content (AvgIpc) is 2.97. The molecule has 1 aromatic rings. The van der Waals surface area contributed by atoms with Gasteiger partial charge in [0.15, 0.2) is 5.96 Å². The van der Waals surface area contributed by atoms with Gasteiger partial charge in [0, 0.05) is 18.9 Å². The topological polar surface area (TPSA) is 80.3 Å². The molecule has 1 aliphatic heterocycles. The Bertz CT molecular complexity index is 623. The molecule has 1 fully saturated rings. The van der Waals surface area contributed by atoms with E-state index in [2.05, 4.69) is 34.5 Å². The predicted octanol–water partition coefficient (Wildman–Crippen LogP) is 2.00. The Kier molecular flexibility index (Phi) is 4.43. The van der Waals surface area contributed by atoms with Crippen molar-refractivity contribution in [2.75, 3.05) is 0 Å². The minimum absolute atomic E-state index is 0.466. The van der Waals surface area contributed by atoms with E-state index >= 15 is 0 Å². The number of aryl methyl sites for hydroxylation is 1. The Morgan fingerprint density at radius 1 is 1.35 bits per heavy atom. The van der Waals surface area contributed by atoms with Crippen molar-refractivity contribution in [3.63, 3.8) is 0 Å². The third-order valence-electron chi connectivity index (χ3n) is 5.22. The lowest BCUT2D eigenvalue weighted by Crippen LogP contribution is -2.67. The molecule has 0 bridgehead atoms. The molecule has 126 valence electrons. The molecule has 3 rings (SSSR count). The second-order valence-corrected chi connectivity index (χ2v) is 6.90. The first-order chi connectivity index (χ1) is 11.0. The van der Waals surface area contributed by atoms with Crippen LogP contribution in [-0.4, -0.2) is 21.2 Å². The minimum atomic E-state index is -0.487. The molecule has 0 spiro atoms. The molecule has 0 amide bonds. The number of guanidine groups is 1. The molecular weight excluding hydrogens is 288 g/mol. The number of aliphatic imine (C=N–C) groups is 1. The van der Waals surface area contributed by atoms with Crippen LogP contribution in [0.25, 0.3) is 0 Å². The molecule has 0 radical (unpaired) electrons. The Morgan fingerprint density at radius 2 is 2.09 bits per heavy atom. The molecule has 1 aliphatic carbocycles. The van der Waals surface area contributed by atoms with Gasteiger partial charge < -0.3 is 20.9 Å². The fourth-order valence-electron chi connectivity index (χ4n) is 3.66. The fourth-order valence-corrected chi connectivity index (χ4v) is 3.66. The first-order valence-electron chi connectivity index (χ1n) is 8.52. The molecule has 0 saturated heterocycles. The van der Waals surface area contributed by atoms with Gasteiger partial charge in [0.2, 0.25) is 0 Å². The summed E-state index contributed by atoms with van der Waals surface area (Å²) >= 11 is 0. The summed E-state index contributed by atoms with van der Waals surface area (Å²) in [6.45, 7) is 4.75. The van der Waals surface area contributed by atoms with Crippen molar-refractivity contribution in [3.05, 3.63) is 29.5 Å². The van der Waals surface area contributed by atoms with Crippen molar-refractivity contribution in [2.24, 2.45) is 23.7 Å². The van der Waals surface area contributed by atoms with Gasteiger partial charge in [-0.25, -0.2) is 9.98 Å². The van der Waals surface area contributed by atoms with Crippen LogP contribution in [0, 0.1) is 5.92 Å². The minimum Gasteiger partial charge on any atom is -0.340 e. The van der Waals surface area contributed by atoms with Crippen LogP contribution in [0.2, 0.25) is 0 Å². The summed E-state index contributed by atoms with van der Waals surface area (Å²) in [6.07, 6.45) is 10.0. The van der Waals surface area contributed by atoms with Crippen LogP contribution in [0.1, 0.15) is 51.6 Å². The molecular formula is C17H28N6. The highest BCUT2D eigenvalue weighted by Gasteiger charge is 2.41. The number of hydrogen-bond donors (Lipinski definition) is 3. The van der Waals surface area contributed by atoms with Crippen LogP contribution in [-0.2, 0) is 13.6 Å².